The van der Waals surface area contributed by atoms with E-state index in [1.165, 1.54) is 0 Å². The van der Waals surface area contributed by atoms with Crippen molar-refractivity contribution >= 4 is 0 Å². The third kappa shape index (κ3) is 2.20. The summed E-state index contributed by atoms with van der Waals surface area (Å²) < 4.78 is 22.4. The number of hydrogen-bond acceptors (Lipinski definition) is 6. The van der Waals surface area contributed by atoms with E-state index in [4.69, 9.17) is 18.9 Å². The summed E-state index contributed by atoms with van der Waals surface area (Å²) in [4.78, 5) is 2.22. The van der Waals surface area contributed by atoms with Crippen LogP contribution in [0.4, 0.5) is 0 Å². The Labute approximate surface area is 158 Å². The number of benzene rings is 2. The van der Waals surface area contributed by atoms with Gasteiger partial charge >= 0.3 is 0 Å². The van der Waals surface area contributed by atoms with Crippen molar-refractivity contribution in [1.82, 2.24) is 4.90 Å². The predicted molar refractivity (Wildman–Crippen MR) is 98.8 cm³/mol. The monoisotopic (exact) mass is 369 g/mol. The van der Waals surface area contributed by atoms with Gasteiger partial charge in [0, 0.05) is 18.5 Å². The Kier molecular flexibility index (Phi) is 3.58. The van der Waals surface area contributed by atoms with E-state index in [0.717, 1.165) is 46.7 Å². The van der Waals surface area contributed by atoms with Crippen LogP contribution in [0.5, 0.6) is 23.0 Å². The first kappa shape index (κ1) is 16.7. The van der Waals surface area contributed by atoms with E-state index in [2.05, 4.69) is 11.9 Å². The standard InChI is InChI=1S/C21H23NO5/c1-22-7-6-12-8-16(24-2)17(25-3)9-14(12)21(23)10-13-4-5-15-19(27-11-26-15)18(13)20(21)22/h4-5,8-9,20,23H,6-7,10-11H2,1-3H3. The van der Waals surface area contributed by atoms with Gasteiger partial charge in [0.15, 0.2) is 23.0 Å². The molecule has 2 aliphatic heterocycles. The molecular weight excluding hydrogens is 346 g/mol. The van der Waals surface area contributed by atoms with E-state index in [9.17, 15) is 5.11 Å². The van der Waals surface area contributed by atoms with Gasteiger partial charge in [0.05, 0.1) is 20.3 Å². The highest BCUT2D eigenvalue weighted by Crippen LogP contribution is 2.57. The molecule has 2 heterocycles. The first-order valence-corrected chi connectivity index (χ1v) is 9.16. The molecule has 1 aliphatic carbocycles. The zero-order chi connectivity index (χ0) is 18.8. The van der Waals surface area contributed by atoms with Gasteiger partial charge in [-0.1, -0.05) is 6.07 Å². The first-order valence-electron chi connectivity index (χ1n) is 9.16. The SMILES string of the molecule is COc1cc2c(cc1OC)C1(O)Cc3ccc4c(c3C1N(C)CC2)OCO4. The molecule has 1 N–H and O–H groups in total. The van der Waals surface area contributed by atoms with E-state index in [1.54, 1.807) is 14.2 Å². The van der Waals surface area contributed by atoms with Gasteiger partial charge in [-0.15, -0.1) is 0 Å². The van der Waals surface area contributed by atoms with Crippen molar-refractivity contribution in [2.24, 2.45) is 0 Å². The maximum absolute atomic E-state index is 12.0. The molecule has 0 spiro atoms. The van der Waals surface area contributed by atoms with Crippen molar-refractivity contribution in [3.05, 3.63) is 46.5 Å². The maximum atomic E-state index is 12.0. The average molecular weight is 369 g/mol. The predicted octanol–water partition coefficient (Wildman–Crippen LogP) is 2.41. The lowest BCUT2D eigenvalue weighted by Gasteiger charge is -2.35. The summed E-state index contributed by atoms with van der Waals surface area (Å²) in [6.07, 6.45) is 1.35. The minimum atomic E-state index is -1.07. The van der Waals surface area contributed by atoms with E-state index in [-0.39, 0.29) is 12.8 Å². The quantitative estimate of drug-likeness (QED) is 0.877. The maximum Gasteiger partial charge on any atom is 0.231 e. The third-order valence-corrected chi connectivity index (χ3v) is 6.10. The second-order valence-electron chi connectivity index (χ2n) is 7.47. The van der Waals surface area contributed by atoms with E-state index in [0.29, 0.717) is 17.9 Å². The molecule has 0 bridgehead atoms. The van der Waals surface area contributed by atoms with Crippen LogP contribution < -0.4 is 18.9 Å². The van der Waals surface area contributed by atoms with Crippen LogP contribution in [0.1, 0.15) is 28.3 Å². The number of methoxy groups -OCH3 is 2. The second kappa shape index (κ2) is 5.78. The molecule has 2 atom stereocenters. The zero-order valence-corrected chi connectivity index (χ0v) is 15.7. The van der Waals surface area contributed by atoms with Crippen LogP contribution in [0.3, 0.4) is 0 Å². The summed E-state index contributed by atoms with van der Waals surface area (Å²) in [5, 5.41) is 12.0. The fourth-order valence-corrected chi connectivity index (χ4v) is 4.90. The van der Waals surface area contributed by atoms with E-state index >= 15 is 0 Å². The lowest BCUT2D eigenvalue weighted by Crippen LogP contribution is -2.39. The summed E-state index contributed by atoms with van der Waals surface area (Å²) >= 11 is 0. The normalized spacial score (nSPS) is 25.4. The number of aliphatic hydroxyl groups is 1. The highest BCUT2D eigenvalue weighted by molar-refractivity contribution is 5.60. The van der Waals surface area contributed by atoms with Crippen molar-refractivity contribution in [3.8, 4) is 23.0 Å². The molecule has 0 saturated heterocycles. The lowest BCUT2D eigenvalue weighted by molar-refractivity contribution is -0.0310. The number of fused-ring (bicyclic) bond motifs is 7. The summed E-state index contributed by atoms with van der Waals surface area (Å²) in [7, 11) is 5.31. The molecule has 6 nitrogen and oxygen atoms in total. The van der Waals surface area contributed by atoms with E-state index in [1.807, 2.05) is 24.3 Å². The summed E-state index contributed by atoms with van der Waals surface area (Å²) in [6.45, 7) is 1.04. The molecule has 142 valence electrons. The van der Waals surface area contributed by atoms with Gasteiger partial charge in [-0.3, -0.25) is 4.90 Å². The van der Waals surface area contributed by atoms with Gasteiger partial charge in [0.2, 0.25) is 6.79 Å². The Balaban J connectivity index is 1.73. The fraction of sp³-hybridized carbons (Fsp3) is 0.429. The molecular formula is C21H23NO5. The van der Waals surface area contributed by atoms with E-state index < -0.39 is 5.60 Å². The molecule has 0 radical (unpaired) electrons. The van der Waals surface area contributed by atoms with Gasteiger partial charge in [0.25, 0.3) is 0 Å². The number of nitrogens with zero attached hydrogens (tertiary/aromatic N) is 1. The highest BCUT2D eigenvalue weighted by Gasteiger charge is 2.52. The Morgan fingerprint density at radius 2 is 1.89 bits per heavy atom. The Bertz CT molecular complexity index is 927. The Morgan fingerprint density at radius 1 is 1.11 bits per heavy atom. The minimum absolute atomic E-state index is 0.205. The van der Waals surface area contributed by atoms with Crippen LogP contribution >= 0.6 is 0 Å². The zero-order valence-electron chi connectivity index (χ0n) is 15.7. The van der Waals surface area contributed by atoms with Gasteiger partial charge in [-0.2, -0.15) is 0 Å². The second-order valence-corrected chi connectivity index (χ2v) is 7.47. The number of hydrogen-bond donors (Lipinski definition) is 1. The van der Waals surface area contributed by atoms with Crippen molar-refractivity contribution in [1.29, 1.82) is 0 Å². The molecule has 6 heteroatoms. The van der Waals surface area contributed by atoms with Crippen molar-refractivity contribution in [2.45, 2.75) is 24.5 Å². The summed E-state index contributed by atoms with van der Waals surface area (Å²) in [5.74, 6) is 2.84. The van der Waals surface area contributed by atoms with Gasteiger partial charge in [-0.25, -0.2) is 0 Å². The third-order valence-electron chi connectivity index (χ3n) is 6.10. The molecule has 0 amide bonds. The average Bonchev–Trinajstić information content (AvgIpc) is 3.24. The van der Waals surface area contributed by atoms with Crippen LogP contribution in [0, 0.1) is 0 Å². The van der Waals surface area contributed by atoms with Gasteiger partial charge in [0.1, 0.15) is 5.60 Å². The Hall–Kier alpha value is -2.44. The molecule has 27 heavy (non-hydrogen) atoms. The van der Waals surface area contributed by atoms with Gasteiger partial charge in [-0.05, 0) is 48.4 Å². The van der Waals surface area contributed by atoms with Crippen molar-refractivity contribution in [3.63, 3.8) is 0 Å². The van der Waals surface area contributed by atoms with Crippen LogP contribution in [-0.4, -0.2) is 44.6 Å². The molecule has 3 aliphatic rings. The lowest BCUT2D eigenvalue weighted by atomic mass is 9.84. The van der Waals surface area contributed by atoms with Crippen molar-refractivity contribution < 1.29 is 24.1 Å². The highest BCUT2D eigenvalue weighted by atomic mass is 16.7. The first-order chi connectivity index (χ1) is 13.1. The fourth-order valence-electron chi connectivity index (χ4n) is 4.90. The largest absolute Gasteiger partial charge is 0.493 e. The molecule has 0 aromatic heterocycles. The van der Waals surface area contributed by atoms with Crippen LogP contribution in [0.25, 0.3) is 0 Å². The van der Waals surface area contributed by atoms with Crippen LogP contribution in [-0.2, 0) is 18.4 Å². The number of likely N-dealkylation sites (N-methyl/N-ethyl adjacent to an activating group) is 1. The summed E-state index contributed by atoms with van der Waals surface area (Å²) in [6, 6.07) is 7.71. The van der Waals surface area contributed by atoms with Crippen LogP contribution in [0.15, 0.2) is 24.3 Å². The van der Waals surface area contributed by atoms with Crippen LogP contribution in [0.2, 0.25) is 0 Å². The topological polar surface area (TPSA) is 60.4 Å². The molecule has 2 unspecified atom stereocenters. The molecule has 0 fully saturated rings. The smallest absolute Gasteiger partial charge is 0.231 e. The molecule has 0 saturated carbocycles. The Morgan fingerprint density at radius 3 is 2.67 bits per heavy atom. The number of rotatable bonds is 2. The minimum Gasteiger partial charge on any atom is -0.493 e. The number of ether oxygens (including phenoxy) is 4. The van der Waals surface area contributed by atoms with Crippen molar-refractivity contribution in [2.75, 3.05) is 34.6 Å². The molecule has 2 aromatic carbocycles. The van der Waals surface area contributed by atoms with Gasteiger partial charge < -0.3 is 24.1 Å². The summed E-state index contributed by atoms with van der Waals surface area (Å²) in [5.41, 5.74) is 3.06. The molecule has 2 aromatic rings. The molecule has 5 rings (SSSR count).